The largest absolute Gasteiger partial charge is 0.382 e. The van der Waals surface area contributed by atoms with Gasteiger partial charge in [-0.2, -0.15) is 5.10 Å². The molecule has 3 N–H and O–H groups in total. The molecule has 6 nitrogen and oxygen atoms in total. The Bertz CT molecular complexity index is 555. The van der Waals surface area contributed by atoms with Crippen LogP contribution in [0, 0.1) is 0 Å². The lowest BCUT2D eigenvalue weighted by Crippen LogP contribution is -2.26. The zero-order valence-electron chi connectivity index (χ0n) is 9.72. The third-order valence-electron chi connectivity index (χ3n) is 2.44. The number of hydrogen-bond acceptors (Lipinski definition) is 4. The fourth-order valence-electron chi connectivity index (χ4n) is 1.50. The second kappa shape index (κ2) is 5.05. The number of halogens is 1. The molecule has 2 aromatic heterocycles. The molecular formula is C11H12ClN5O. The normalized spacial score (nSPS) is 10.3. The summed E-state index contributed by atoms with van der Waals surface area (Å²) in [6.45, 7) is 0.456. The molecule has 0 radical (unpaired) electrons. The predicted molar refractivity (Wildman–Crippen MR) is 68.0 cm³/mol. The van der Waals surface area contributed by atoms with Crippen molar-refractivity contribution in [1.82, 2.24) is 20.1 Å². The van der Waals surface area contributed by atoms with Crippen LogP contribution in [0.25, 0.3) is 0 Å². The Hall–Kier alpha value is -2.08. The van der Waals surface area contributed by atoms with E-state index in [2.05, 4.69) is 15.2 Å². The van der Waals surface area contributed by atoms with Gasteiger partial charge in [0.2, 0.25) is 0 Å². The van der Waals surface area contributed by atoms with Gasteiger partial charge in [0.05, 0.1) is 16.8 Å². The summed E-state index contributed by atoms with van der Waals surface area (Å²) in [6.07, 6.45) is 4.81. The highest BCUT2D eigenvalue weighted by Gasteiger charge is 2.14. The molecule has 2 rings (SSSR count). The molecule has 0 aromatic carbocycles. The van der Waals surface area contributed by atoms with E-state index in [1.165, 1.54) is 12.3 Å². The highest BCUT2D eigenvalue weighted by atomic mass is 35.5. The zero-order chi connectivity index (χ0) is 13.1. The summed E-state index contributed by atoms with van der Waals surface area (Å²) in [6, 6.07) is 1.51. The quantitative estimate of drug-likeness (QED) is 0.876. The van der Waals surface area contributed by atoms with Gasteiger partial charge >= 0.3 is 0 Å². The molecule has 0 saturated heterocycles. The number of nitrogen functional groups attached to an aromatic ring is 1. The van der Waals surface area contributed by atoms with E-state index in [0.717, 1.165) is 5.56 Å². The van der Waals surface area contributed by atoms with E-state index in [9.17, 15) is 4.79 Å². The Balaban J connectivity index is 2.12. The number of carbonyl (C=O) groups excluding carboxylic acids is 1. The van der Waals surface area contributed by atoms with E-state index in [-0.39, 0.29) is 16.7 Å². The number of anilines is 1. The smallest absolute Gasteiger partial charge is 0.255 e. The average molecular weight is 266 g/mol. The molecule has 0 atom stereocenters. The van der Waals surface area contributed by atoms with Gasteiger partial charge in [-0.15, -0.1) is 0 Å². The summed E-state index contributed by atoms with van der Waals surface area (Å²) in [5.41, 5.74) is 6.81. The standard InChI is InChI=1S/C11H12ClN5O/c1-17(6-7-3-15-16-4-7)11(18)8-2-9(12)10(13)14-5-8/h2-5H,6H2,1H3,(H2,13,14)(H,15,16). The van der Waals surface area contributed by atoms with Crippen LogP contribution < -0.4 is 5.73 Å². The van der Waals surface area contributed by atoms with Crippen LogP contribution >= 0.6 is 11.6 Å². The maximum atomic E-state index is 12.1. The fourth-order valence-corrected chi connectivity index (χ4v) is 1.66. The second-order valence-electron chi connectivity index (χ2n) is 3.86. The first kappa shape index (κ1) is 12.4. The summed E-state index contributed by atoms with van der Waals surface area (Å²) < 4.78 is 0. The molecule has 1 amide bonds. The van der Waals surface area contributed by atoms with E-state index in [1.807, 2.05) is 0 Å². The van der Waals surface area contributed by atoms with E-state index in [0.29, 0.717) is 12.1 Å². The number of carbonyl (C=O) groups is 1. The number of nitrogens with zero attached hydrogens (tertiary/aromatic N) is 3. The first-order chi connectivity index (χ1) is 8.58. The lowest BCUT2D eigenvalue weighted by Gasteiger charge is -2.16. The summed E-state index contributed by atoms with van der Waals surface area (Å²) in [5, 5.41) is 6.79. The number of nitrogens with two attached hydrogens (primary N) is 1. The van der Waals surface area contributed by atoms with Gasteiger partial charge in [0.1, 0.15) is 5.82 Å². The molecule has 18 heavy (non-hydrogen) atoms. The topological polar surface area (TPSA) is 87.9 Å². The summed E-state index contributed by atoms with van der Waals surface area (Å²) in [7, 11) is 1.69. The Morgan fingerprint density at radius 1 is 1.56 bits per heavy atom. The summed E-state index contributed by atoms with van der Waals surface area (Å²) in [4.78, 5) is 17.5. The molecule has 0 aliphatic rings. The molecule has 0 saturated carbocycles. The number of hydrogen-bond donors (Lipinski definition) is 2. The van der Waals surface area contributed by atoms with Crippen molar-refractivity contribution in [1.29, 1.82) is 0 Å². The number of H-pyrrole nitrogens is 1. The Morgan fingerprint density at radius 3 is 2.94 bits per heavy atom. The van der Waals surface area contributed by atoms with Crippen LogP contribution in [-0.2, 0) is 6.54 Å². The summed E-state index contributed by atoms with van der Waals surface area (Å²) >= 11 is 5.83. The second-order valence-corrected chi connectivity index (χ2v) is 4.27. The van der Waals surface area contributed by atoms with Crippen LogP contribution in [0.3, 0.4) is 0 Å². The highest BCUT2D eigenvalue weighted by molar-refractivity contribution is 6.33. The van der Waals surface area contributed by atoms with Gasteiger partial charge in [-0.25, -0.2) is 4.98 Å². The Morgan fingerprint density at radius 2 is 2.33 bits per heavy atom. The Kier molecular flexibility index (Phi) is 3.47. The minimum absolute atomic E-state index is 0.175. The van der Waals surface area contributed by atoms with Gasteiger partial charge in [-0.3, -0.25) is 9.89 Å². The fraction of sp³-hybridized carbons (Fsp3) is 0.182. The van der Waals surface area contributed by atoms with Gasteiger partial charge < -0.3 is 10.6 Å². The third kappa shape index (κ3) is 2.60. The average Bonchev–Trinajstić information content (AvgIpc) is 2.84. The van der Waals surface area contributed by atoms with Crippen LogP contribution in [-0.4, -0.2) is 33.0 Å². The van der Waals surface area contributed by atoms with Gasteiger partial charge in [-0.05, 0) is 6.07 Å². The van der Waals surface area contributed by atoms with Crippen LogP contribution in [0.5, 0.6) is 0 Å². The molecule has 0 fully saturated rings. The molecule has 0 aliphatic heterocycles. The number of rotatable bonds is 3. The molecule has 0 unspecified atom stereocenters. The van der Waals surface area contributed by atoms with Crippen molar-refractivity contribution >= 4 is 23.3 Å². The third-order valence-corrected chi connectivity index (χ3v) is 2.74. The van der Waals surface area contributed by atoms with Gasteiger partial charge in [-0.1, -0.05) is 11.6 Å². The first-order valence-electron chi connectivity index (χ1n) is 5.22. The van der Waals surface area contributed by atoms with Crippen LogP contribution in [0.4, 0.5) is 5.82 Å². The van der Waals surface area contributed by atoms with Crippen molar-refractivity contribution in [3.8, 4) is 0 Å². The van der Waals surface area contributed by atoms with E-state index in [4.69, 9.17) is 17.3 Å². The molecule has 2 aromatic rings. The maximum Gasteiger partial charge on any atom is 0.255 e. The highest BCUT2D eigenvalue weighted by Crippen LogP contribution is 2.18. The van der Waals surface area contributed by atoms with Crippen LogP contribution in [0.1, 0.15) is 15.9 Å². The zero-order valence-corrected chi connectivity index (χ0v) is 10.5. The van der Waals surface area contributed by atoms with Crippen LogP contribution in [0.2, 0.25) is 5.02 Å². The lowest BCUT2D eigenvalue weighted by molar-refractivity contribution is 0.0785. The van der Waals surface area contributed by atoms with Crippen molar-refractivity contribution in [3.63, 3.8) is 0 Å². The van der Waals surface area contributed by atoms with E-state index >= 15 is 0 Å². The molecule has 2 heterocycles. The number of amides is 1. The summed E-state index contributed by atoms with van der Waals surface area (Å²) in [5.74, 6) is 0.0382. The molecular weight excluding hydrogens is 254 g/mol. The molecule has 7 heteroatoms. The van der Waals surface area contributed by atoms with E-state index < -0.39 is 0 Å². The number of aromatic nitrogens is 3. The van der Waals surface area contributed by atoms with Crippen molar-refractivity contribution in [2.75, 3.05) is 12.8 Å². The van der Waals surface area contributed by atoms with Crippen LogP contribution in [0.15, 0.2) is 24.7 Å². The van der Waals surface area contributed by atoms with Crippen molar-refractivity contribution in [3.05, 3.63) is 40.8 Å². The maximum absolute atomic E-state index is 12.1. The predicted octanol–water partition coefficient (Wildman–Crippen LogP) is 1.31. The van der Waals surface area contributed by atoms with Gasteiger partial charge in [0.25, 0.3) is 5.91 Å². The van der Waals surface area contributed by atoms with Crippen molar-refractivity contribution < 1.29 is 4.79 Å². The van der Waals surface area contributed by atoms with Crippen molar-refractivity contribution in [2.45, 2.75) is 6.54 Å². The number of nitrogens with one attached hydrogen (secondary N) is 1. The minimum atomic E-state index is -0.175. The Labute approximate surface area is 109 Å². The molecule has 0 bridgehead atoms. The lowest BCUT2D eigenvalue weighted by atomic mass is 10.2. The molecule has 0 spiro atoms. The van der Waals surface area contributed by atoms with E-state index in [1.54, 1.807) is 24.3 Å². The van der Waals surface area contributed by atoms with Gasteiger partial charge in [0.15, 0.2) is 0 Å². The molecule has 0 aliphatic carbocycles. The number of pyridine rings is 1. The first-order valence-corrected chi connectivity index (χ1v) is 5.60. The number of aromatic amines is 1. The van der Waals surface area contributed by atoms with Gasteiger partial charge in [0, 0.05) is 31.5 Å². The van der Waals surface area contributed by atoms with Crippen molar-refractivity contribution in [2.24, 2.45) is 0 Å². The SMILES string of the molecule is CN(Cc1cn[nH]c1)C(=O)c1cnc(N)c(Cl)c1. The minimum Gasteiger partial charge on any atom is -0.382 e. The molecule has 94 valence electrons. The monoisotopic (exact) mass is 265 g/mol.